The minimum absolute atomic E-state index is 0.0291. The van der Waals surface area contributed by atoms with Crippen molar-refractivity contribution in [2.75, 3.05) is 19.6 Å². The second-order valence-corrected chi connectivity index (χ2v) is 12.9. The highest BCUT2D eigenvalue weighted by atomic mass is 16.5. The number of aromatic nitrogens is 1. The number of piperazine rings is 1. The summed E-state index contributed by atoms with van der Waals surface area (Å²) < 4.78 is 12.1. The lowest BCUT2D eigenvalue weighted by molar-refractivity contribution is -0.120. The molecule has 2 atom stereocenters. The Hall–Kier alpha value is -4.20. The second-order valence-electron chi connectivity index (χ2n) is 12.9. The number of nitrogens with zero attached hydrogens (tertiary/aromatic N) is 2. The first-order chi connectivity index (χ1) is 21.1. The predicted octanol–water partition coefficient (Wildman–Crippen LogP) is 6.88. The van der Waals surface area contributed by atoms with Crippen molar-refractivity contribution in [1.29, 1.82) is 0 Å². The maximum atomic E-state index is 13.5. The van der Waals surface area contributed by atoms with Crippen LogP contribution >= 0.6 is 0 Å². The molecule has 0 saturated carbocycles. The lowest BCUT2D eigenvalue weighted by atomic mass is 9.93. The van der Waals surface area contributed by atoms with Gasteiger partial charge in [0.2, 0.25) is 5.91 Å². The van der Waals surface area contributed by atoms with E-state index in [1.165, 1.54) is 5.56 Å². The van der Waals surface area contributed by atoms with E-state index in [0.717, 1.165) is 75.6 Å². The van der Waals surface area contributed by atoms with E-state index in [0.29, 0.717) is 0 Å². The molecule has 0 bridgehead atoms. The Kier molecular flexibility index (Phi) is 8.18. The summed E-state index contributed by atoms with van der Waals surface area (Å²) in [6.07, 6.45) is 0.268. The zero-order valence-corrected chi connectivity index (χ0v) is 26.5. The minimum atomic E-state index is -0.229. The largest absolute Gasteiger partial charge is 0.459 e. The standard InChI is InChI=1S/C37H42N4O3/c1-23-12-14-30(24(2)18-23)35(28-10-8-7-9-11-28)39-33(42)20-27-13-15-31-29(19-27)21-32(43-31)36(34-25(3)40-44-26(34)4)41-17-16-38-37(5,6)22-41/h7-15,18-19,21,35-36,38H,16-17,20,22H2,1-6H3,(H,39,42). The third kappa shape index (κ3) is 6.21. The van der Waals surface area contributed by atoms with Gasteiger partial charge in [-0.1, -0.05) is 65.3 Å². The fraction of sp³-hybridized carbons (Fsp3) is 0.351. The lowest BCUT2D eigenvalue weighted by Gasteiger charge is -2.42. The van der Waals surface area contributed by atoms with Gasteiger partial charge in [0.25, 0.3) is 0 Å². The van der Waals surface area contributed by atoms with Gasteiger partial charge in [-0.2, -0.15) is 0 Å². The van der Waals surface area contributed by atoms with E-state index in [-0.39, 0.29) is 30.0 Å². The van der Waals surface area contributed by atoms with Gasteiger partial charge in [-0.05, 0) is 82.0 Å². The topological polar surface area (TPSA) is 83.5 Å². The highest BCUT2D eigenvalue weighted by Gasteiger charge is 2.36. The molecule has 44 heavy (non-hydrogen) atoms. The molecule has 5 aromatic rings. The first kappa shape index (κ1) is 29.9. The molecule has 228 valence electrons. The van der Waals surface area contributed by atoms with Crippen LogP contribution in [0.15, 0.2) is 81.7 Å². The highest BCUT2D eigenvalue weighted by molar-refractivity contribution is 5.83. The third-order valence-corrected chi connectivity index (χ3v) is 8.74. The van der Waals surface area contributed by atoms with Gasteiger partial charge >= 0.3 is 0 Å². The van der Waals surface area contributed by atoms with Gasteiger partial charge in [0.1, 0.15) is 17.1 Å². The minimum Gasteiger partial charge on any atom is -0.459 e. The number of hydrogen-bond donors (Lipinski definition) is 2. The predicted molar refractivity (Wildman–Crippen MR) is 174 cm³/mol. The first-order valence-electron chi connectivity index (χ1n) is 15.4. The summed E-state index contributed by atoms with van der Waals surface area (Å²) in [6, 6.07) is 24.4. The summed E-state index contributed by atoms with van der Waals surface area (Å²) in [4.78, 5) is 16.0. The van der Waals surface area contributed by atoms with Crippen LogP contribution < -0.4 is 10.6 Å². The number of carbonyl (C=O) groups excluding carboxylic acids is 1. The molecule has 1 amide bonds. The maximum Gasteiger partial charge on any atom is 0.225 e. The summed E-state index contributed by atoms with van der Waals surface area (Å²) in [7, 11) is 0. The fourth-order valence-corrected chi connectivity index (χ4v) is 6.68. The molecule has 1 fully saturated rings. The van der Waals surface area contributed by atoms with Crippen molar-refractivity contribution in [3.05, 3.63) is 123 Å². The fourth-order valence-electron chi connectivity index (χ4n) is 6.68. The zero-order chi connectivity index (χ0) is 31.0. The molecule has 2 N–H and O–H groups in total. The quantitative estimate of drug-likeness (QED) is 0.205. The number of aryl methyl sites for hydroxylation is 4. The second kappa shape index (κ2) is 12.1. The number of furan rings is 1. The smallest absolute Gasteiger partial charge is 0.225 e. The number of rotatable bonds is 8. The van der Waals surface area contributed by atoms with Gasteiger partial charge in [-0.3, -0.25) is 9.69 Å². The number of nitrogens with one attached hydrogen (secondary N) is 2. The van der Waals surface area contributed by atoms with Gasteiger partial charge in [-0.25, -0.2) is 0 Å². The average Bonchev–Trinajstić information content (AvgIpc) is 3.54. The third-order valence-electron chi connectivity index (χ3n) is 8.74. The van der Waals surface area contributed by atoms with Crippen LogP contribution in [0.2, 0.25) is 0 Å². The Morgan fingerprint density at radius 1 is 1.02 bits per heavy atom. The van der Waals surface area contributed by atoms with Gasteiger partial charge in [-0.15, -0.1) is 0 Å². The van der Waals surface area contributed by atoms with Crippen LogP contribution in [0.4, 0.5) is 0 Å². The van der Waals surface area contributed by atoms with Crippen LogP contribution in [-0.4, -0.2) is 41.1 Å². The molecule has 0 aliphatic carbocycles. The molecule has 1 saturated heterocycles. The van der Waals surface area contributed by atoms with Gasteiger partial charge in [0.15, 0.2) is 0 Å². The summed E-state index contributed by atoms with van der Waals surface area (Å²) in [6.45, 7) is 15.2. The number of carbonyl (C=O) groups is 1. The van der Waals surface area contributed by atoms with Crippen molar-refractivity contribution >= 4 is 16.9 Å². The van der Waals surface area contributed by atoms with E-state index in [9.17, 15) is 4.79 Å². The Morgan fingerprint density at radius 3 is 2.52 bits per heavy atom. The molecule has 3 heterocycles. The molecule has 7 nitrogen and oxygen atoms in total. The van der Waals surface area contributed by atoms with Crippen LogP contribution in [0.25, 0.3) is 11.0 Å². The van der Waals surface area contributed by atoms with Crippen molar-refractivity contribution in [3.8, 4) is 0 Å². The zero-order valence-electron chi connectivity index (χ0n) is 26.5. The van der Waals surface area contributed by atoms with Crippen molar-refractivity contribution in [2.24, 2.45) is 0 Å². The van der Waals surface area contributed by atoms with Crippen molar-refractivity contribution < 1.29 is 13.7 Å². The average molecular weight is 591 g/mol. The molecule has 6 rings (SSSR count). The summed E-state index contributed by atoms with van der Waals surface area (Å²) in [5, 5.41) is 12.2. The summed E-state index contributed by atoms with van der Waals surface area (Å²) >= 11 is 0. The maximum absolute atomic E-state index is 13.5. The number of fused-ring (bicyclic) bond motifs is 1. The van der Waals surface area contributed by atoms with E-state index in [1.807, 2.05) is 44.2 Å². The lowest BCUT2D eigenvalue weighted by Crippen LogP contribution is -2.57. The van der Waals surface area contributed by atoms with Crippen LogP contribution in [0.3, 0.4) is 0 Å². The first-order valence-corrected chi connectivity index (χ1v) is 15.4. The number of benzene rings is 3. The van der Waals surface area contributed by atoms with Crippen LogP contribution in [0.1, 0.15) is 76.5 Å². The van der Waals surface area contributed by atoms with Crippen LogP contribution in [0, 0.1) is 27.7 Å². The molecule has 1 aliphatic heterocycles. The Bertz CT molecular complexity index is 1770. The van der Waals surface area contributed by atoms with Crippen molar-refractivity contribution in [1.82, 2.24) is 20.7 Å². The van der Waals surface area contributed by atoms with Crippen LogP contribution in [0.5, 0.6) is 0 Å². The van der Waals surface area contributed by atoms with E-state index in [2.05, 4.69) is 90.8 Å². The molecule has 2 unspecified atom stereocenters. The summed E-state index contributed by atoms with van der Waals surface area (Å²) in [5.41, 5.74) is 8.16. The molecule has 0 spiro atoms. The summed E-state index contributed by atoms with van der Waals surface area (Å²) in [5.74, 6) is 1.63. The molecule has 3 aromatic carbocycles. The van der Waals surface area contributed by atoms with Gasteiger partial charge in [0, 0.05) is 36.1 Å². The monoisotopic (exact) mass is 590 g/mol. The van der Waals surface area contributed by atoms with Crippen molar-refractivity contribution in [3.63, 3.8) is 0 Å². The van der Waals surface area contributed by atoms with E-state index in [4.69, 9.17) is 8.94 Å². The molecule has 1 aliphatic rings. The molecular formula is C37H42N4O3. The van der Waals surface area contributed by atoms with Crippen molar-refractivity contribution in [2.45, 2.75) is 65.6 Å². The SMILES string of the molecule is Cc1ccc(C(NC(=O)Cc2ccc3oc(C(c4c(C)noc4C)N4CCNC(C)(C)C4)cc3c2)c2ccccc2)c(C)c1. The molecule has 0 radical (unpaired) electrons. The number of hydrogen-bond acceptors (Lipinski definition) is 6. The normalized spacial score (nSPS) is 16.6. The Morgan fingerprint density at radius 2 is 1.82 bits per heavy atom. The van der Waals surface area contributed by atoms with Gasteiger partial charge in [0.05, 0.1) is 24.2 Å². The Balaban J connectivity index is 1.28. The van der Waals surface area contributed by atoms with E-state index < -0.39 is 0 Å². The van der Waals surface area contributed by atoms with E-state index >= 15 is 0 Å². The number of amides is 1. The van der Waals surface area contributed by atoms with E-state index in [1.54, 1.807) is 0 Å². The molecule has 7 heteroatoms. The molecular weight excluding hydrogens is 548 g/mol. The highest BCUT2D eigenvalue weighted by Crippen LogP contribution is 2.37. The van der Waals surface area contributed by atoms with Gasteiger partial charge < -0.3 is 19.6 Å². The Labute approximate surface area is 259 Å². The molecule has 2 aromatic heterocycles. The van der Waals surface area contributed by atoms with Crippen LogP contribution in [-0.2, 0) is 11.2 Å².